The van der Waals surface area contributed by atoms with Gasteiger partial charge in [-0.05, 0) is 18.7 Å². The maximum absolute atomic E-state index is 13.8. The second kappa shape index (κ2) is 5.25. The Bertz CT molecular complexity index is 512. The standard InChI is InChI=1S/C11H12ClFN4/c1-2-14-6-8-7-15-16-17(8)10-5-3-4-9(12)11(10)13/h3-5,7,14H,2,6H2,1H3. The van der Waals surface area contributed by atoms with Gasteiger partial charge >= 0.3 is 0 Å². The molecule has 2 rings (SSSR count). The molecule has 90 valence electrons. The highest BCUT2D eigenvalue weighted by atomic mass is 35.5. The molecule has 0 amide bonds. The van der Waals surface area contributed by atoms with Crippen molar-refractivity contribution >= 4 is 11.6 Å². The minimum absolute atomic E-state index is 0.0763. The second-order valence-corrected chi connectivity index (χ2v) is 3.90. The Morgan fingerprint density at radius 1 is 1.47 bits per heavy atom. The molecule has 0 aliphatic rings. The fraction of sp³-hybridized carbons (Fsp3) is 0.273. The summed E-state index contributed by atoms with van der Waals surface area (Å²) in [6.45, 7) is 3.40. The van der Waals surface area contributed by atoms with E-state index in [4.69, 9.17) is 11.6 Å². The highest BCUT2D eigenvalue weighted by molar-refractivity contribution is 6.30. The molecule has 0 atom stereocenters. The van der Waals surface area contributed by atoms with Crippen LogP contribution in [0, 0.1) is 5.82 Å². The van der Waals surface area contributed by atoms with Crippen molar-refractivity contribution in [2.45, 2.75) is 13.5 Å². The molecule has 0 unspecified atom stereocenters. The molecule has 4 nitrogen and oxygen atoms in total. The van der Waals surface area contributed by atoms with Crippen LogP contribution in [0.3, 0.4) is 0 Å². The average Bonchev–Trinajstić information content (AvgIpc) is 2.78. The fourth-order valence-corrected chi connectivity index (χ4v) is 1.66. The first-order valence-electron chi connectivity index (χ1n) is 5.28. The Labute approximate surface area is 103 Å². The Kier molecular flexibility index (Phi) is 3.71. The van der Waals surface area contributed by atoms with Crippen molar-refractivity contribution in [1.82, 2.24) is 20.3 Å². The number of rotatable bonds is 4. The number of halogens is 2. The van der Waals surface area contributed by atoms with Gasteiger partial charge in [-0.3, -0.25) is 0 Å². The monoisotopic (exact) mass is 254 g/mol. The van der Waals surface area contributed by atoms with Crippen LogP contribution in [-0.4, -0.2) is 21.5 Å². The molecule has 0 fully saturated rings. The summed E-state index contributed by atoms with van der Waals surface area (Å²) in [6.07, 6.45) is 1.60. The van der Waals surface area contributed by atoms with Crippen LogP contribution in [0.2, 0.25) is 5.02 Å². The van der Waals surface area contributed by atoms with Gasteiger partial charge in [-0.1, -0.05) is 29.8 Å². The lowest BCUT2D eigenvalue weighted by Crippen LogP contribution is -2.15. The van der Waals surface area contributed by atoms with E-state index in [1.54, 1.807) is 18.3 Å². The summed E-state index contributed by atoms with van der Waals surface area (Å²) in [5.74, 6) is -0.489. The van der Waals surface area contributed by atoms with E-state index < -0.39 is 5.82 Å². The third kappa shape index (κ3) is 2.45. The van der Waals surface area contributed by atoms with E-state index in [9.17, 15) is 4.39 Å². The molecule has 2 aromatic rings. The van der Waals surface area contributed by atoms with Crippen molar-refractivity contribution in [2.24, 2.45) is 0 Å². The quantitative estimate of drug-likeness (QED) is 0.909. The maximum atomic E-state index is 13.8. The lowest BCUT2D eigenvalue weighted by atomic mass is 10.3. The smallest absolute Gasteiger partial charge is 0.167 e. The summed E-state index contributed by atoms with van der Waals surface area (Å²) < 4.78 is 15.3. The van der Waals surface area contributed by atoms with Gasteiger partial charge in [0, 0.05) is 6.54 Å². The van der Waals surface area contributed by atoms with Gasteiger partial charge in [-0.25, -0.2) is 9.07 Å². The van der Waals surface area contributed by atoms with E-state index >= 15 is 0 Å². The van der Waals surface area contributed by atoms with Gasteiger partial charge in [0.25, 0.3) is 0 Å². The predicted molar refractivity (Wildman–Crippen MR) is 63.7 cm³/mol. The summed E-state index contributed by atoms with van der Waals surface area (Å²) in [6, 6.07) is 4.80. The van der Waals surface area contributed by atoms with Crippen molar-refractivity contribution < 1.29 is 4.39 Å². The summed E-state index contributed by atoms with van der Waals surface area (Å²) in [7, 11) is 0. The highest BCUT2D eigenvalue weighted by Crippen LogP contribution is 2.21. The van der Waals surface area contributed by atoms with Gasteiger partial charge in [0.05, 0.1) is 16.9 Å². The number of aromatic nitrogens is 3. The number of hydrogen-bond donors (Lipinski definition) is 1. The molecule has 0 bridgehead atoms. The third-order valence-electron chi connectivity index (χ3n) is 2.34. The molecule has 0 saturated heterocycles. The van der Waals surface area contributed by atoms with E-state index in [0.29, 0.717) is 12.2 Å². The summed E-state index contributed by atoms with van der Waals surface area (Å²) in [4.78, 5) is 0. The van der Waals surface area contributed by atoms with Crippen LogP contribution in [0.25, 0.3) is 5.69 Å². The van der Waals surface area contributed by atoms with Crippen LogP contribution in [0.5, 0.6) is 0 Å². The Balaban J connectivity index is 2.39. The normalized spacial score (nSPS) is 10.8. The third-order valence-corrected chi connectivity index (χ3v) is 2.63. The second-order valence-electron chi connectivity index (χ2n) is 3.49. The summed E-state index contributed by atoms with van der Waals surface area (Å²) in [5, 5.41) is 10.9. The molecule has 1 aromatic heterocycles. The average molecular weight is 255 g/mol. The molecule has 1 aromatic carbocycles. The first-order chi connectivity index (χ1) is 8.24. The van der Waals surface area contributed by atoms with E-state index in [-0.39, 0.29) is 5.02 Å². The molecular formula is C11H12ClFN4. The van der Waals surface area contributed by atoms with Crippen molar-refractivity contribution in [3.63, 3.8) is 0 Å². The zero-order chi connectivity index (χ0) is 12.3. The van der Waals surface area contributed by atoms with Crippen LogP contribution < -0.4 is 5.32 Å². The number of hydrogen-bond acceptors (Lipinski definition) is 3. The maximum Gasteiger partial charge on any atom is 0.167 e. The summed E-state index contributed by atoms with van der Waals surface area (Å²) >= 11 is 5.74. The topological polar surface area (TPSA) is 42.7 Å². The zero-order valence-corrected chi connectivity index (χ0v) is 10.1. The van der Waals surface area contributed by atoms with Crippen molar-refractivity contribution in [2.75, 3.05) is 6.54 Å². The van der Waals surface area contributed by atoms with Gasteiger partial charge in [-0.2, -0.15) is 0 Å². The Hall–Kier alpha value is -1.46. The van der Waals surface area contributed by atoms with E-state index in [0.717, 1.165) is 12.2 Å². The van der Waals surface area contributed by atoms with Gasteiger partial charge in [0.2, 0.25) is 0 Å². The van der Waals surface area contributed by atoms with Crippen LogP contribution in [-0.2, 0) is 6.54 Å². The molecular weight excluding hydrogens is 243 g/mol. The van der Waals surface area contributed by atoms with Gasteiger partial charge in [0.1, 0.15) is 5.69 Å². The largest absolute Gasteiger partial charge is 0.311 e. The fourth-order valence-electron chi connectivity index (χ4n) is 1.49. The Morgan fingerprint density at radius 3 is 3.06 bits per heavy atom. The SMILES string of the molecule is CCNCc1cnnn1-c1cccc(Cl)c1F. The highest BCUT2D eigenvalue weighted by Gasteiger charge is 2.12. The molecule has 0 radical (unpaired) electrons. The molecule has 0 spiro atoms. The Morgan fingerprint density at radius 2 is 2.29 bits per heavy atom. The lowest BCUT2D eigenvalue weighted by molar-refractivity contribution is 0.596. The first kappa shape index (κ1) is 12.0. The molecule has 6 heteroatoms. The van der Waals surface area contributed by atoms with Crippen LogP contribution in [0.1, 0.15) is 12.6 Å². The summed E-state index contributed by atoms with van der Waals surface area (Å²) in [5.41, 5.74) is 1.09. The number of benzene rings is 1. The van der Waals surface area contributed by atoms with Crippen LogP contribution in [0.15, 0.2) is 24.4 Å². The zero-order valence-electron chi connectivity index (χ0n) is 9.32. The van der Waals surface area contributed by atoms with E-state index in [2.05, 4.69) is 15.6 Å². The lowest BCUT2D eigenvalue weighted by Gasteiger charge is -2.08. The minimum atomic E-state index is -0.489. The first-order valence-corrected chi connectivity index (χ1v) is 5.66. The van der Waals surface area contributed by atoms with Crippen molar-refractivity contribution in [3.05, 3.63) is 40.9 Å². The number of nitrogens with one attached hydrogen (secondary N) is 1. The van der Waals surface area contributed by atoms with Crippen molar-refractivity contribution in [1.29, 1.82) is 0 Å². The van der Waals surface area contributed by atoms with E-state index in [1.807, 2.05) is 6.92 Å². The van der Waals surface area contributed by atoms with Gasteiger partial charge in [0.15, 0.2) is 5.82 Å². The predicted octanol–water partition coefficient (Wildman–Crippen LogP) is 2.17. The molecule has 1 N–H and O–H groups in total. The molecule has 17 heavy (non-hydrogen) atoms. The van der Waals surface area contributed by atoms with E-state index in [1.165, 1.54) is 10.7 Å². The van der Waals surface area contributed by atoms with Crippen molar-refractivity contribution in [3.8, 4) is 5.69 Å². The van der Waals surface area contributed by atoms with Gasteiger partial charge in [-0.15, -0.1) is 5.10 Å². The molecule has 0 aliphatic heterocycles. The molecule has 0 saturated carbocycles. The minimum Gasteiger partial charge on any atom is -0.311 e. The molecule has 0 aliphatic carbocycles. The van der Waals surface area contributed by atoms with Crippen LogP contribution >= 0.6 is 11.6 Å². The number of nitrogens with zero attached hydrogens (tertiary/aromatic N) is 3. The molecule has 1 heterocycles. The van der Waals surface area contributed by atoms with Crippen LogP contribution in [0.4, 0.5) is 4.39 Å². The van der Waals surface area contributed by atoms with Gasteiger partial charge < -0.3 is 5.32 Å².